The molecule has 0 unspecified atom stereocenters. The molecule has 0 radical (unpaired) electrons. The molecule has 0 bridgehead atoms. The monoisotopic (exact) mass is 381 g/mol. The SMILES string of the molecule is O=c1[nH]c2ccccc2c(O)c1-c1cc(-c2ccc(Cl)cc2)ccc1Cl. The second-order valence-electron chi connectivity index (χ2n) is 5.92. The van der Waals surface area contributed by atoms with Crippen molar-refractivity contribution in [1.82, 2.24) is 4.98 Å². The van der Waals surface area contributed by atoms with E-state index >= 15 is 0 Å². The molecule has 0 aliphatic rings. The van der Waals surface area contributed by atoms with Crippen LogP contribution in [0, 0.1) is 0 Å². The van der Waals surface area contributed by atoms with Crippen LogP contribution in [-0.4, -0.2) is 10.1 Å². The van der Waals surface area contributed by atoms with Gasteiger partial charge in [-0.05, 0) is 47.5 Å². The number of rotatable bonds is 2. The predicted molar refractivity (Wildman–Crippen MR) is 107 cm³/mol. The van der Waals surface area contributed by atoms with Crippen molar-refractivity contribution in [1.29, 1.82) is 0 Å². The molecule has 0 spiro atoms. The maximum absolute atomic E-state index is 12.6. The molecule has 0 aliphatic heterocycles. The topological polar surface area (TPSA) is 53.1 Å². The van der Waals surface area contributed by atoms with Gasteiger partial charge in [0.2, 0.25) is 0 Å². The van der Waals surface area contributed by atoms with Gasteiger partial charge in [0.05, 0.1) is 11.1 Å². The van der Waals surface area contributed by atoms with Gasteiger partial charge in [-0.2, -0.15) is 0 Å². The van der Waals surface area contributed by atoms with Gasteiger partial charge in [-0.15, -0.1) is 0 Å². The van der Waals surface area contributed by atoms with Crippen LogP contribution in [0.4, 0.5) is 0 Å². The number of halogens is 2. The first-order valence-electron chi connectivity index (χ1n) is 7.94. The van der Waals surface area contributed by atoms with Crippen molar-refractivity contribution in [3.05, 3.63) is 87.1 Å². The Kier molecular flexibility index (Phi) is 4.19. The molecule has 0 amide bonds. The molecule has 0 aliphatic carbocycles. The first-order valence-corrected chi connectivity index (χ1v) is 8.70. The van der Waals surface area contributed by atoms with Crippen molar-refractivity contribution in [2.75, 3.05) is 0 Å². The Morgan fingerprint density at radius 1 is 0.846 bits per heavy atom. The summed E-state index contributed by atoms with van der Waals surface area (Å²) in [5.74, 6) is -0.0838. The van der Waals surface area contributed by atoms with Crippen LogP contribution in [0.1, 0.15) is 0 Å². The lowest BCUT2D eigenvalue weighted by Crippen LogP contribution is -2.09. The molecule has 1 aromatic heterocycles. The lowest BCUT2D eigenvalue weighted by atomic mass is 9.98. The van der Waals surface area contributed by atoms with Crippen LogP contribution in [0.3, 0.4) is 0 Å². The minimum atomic E-state index is -0.392. The molecule has 128 valence electrons. The fourth-order valence-corrected chi connectivity index (χ4v) is 3.35. The summed E-state index contributed by atoms with van der Waals surface area (Å²) in [7, 11) is 0. The van der Waals surface area contributed by atoms with Gasteiger partial charge in [0, 0.05) is 21.0 Å². The number of benzene rings is 3. The van der Waals surface area contributed by atoms with Crippen molar-refractivity contribution in [2.45, 2.75) is 0 Å². The maximum atomic E-state index is 12.6. The van der Waals surface area contributed by atoms with E-state index in [1.54, 1.807) is 48.5 Å². The largest absolute Gasteiger partial charge is 0.506 e. The van der Waals surface area contributed by atoms with E-state index in [1.807, 2.05) is 18.2 Å². The molecule has 5 heteroatoms. The van der Waals surface area contributed by atoms with Crippen LogP contribution >= 0.6 is 23.2 Å². The average molecular weight is 382 g/mol. The third-order valence-electron chi connectivity index (χ3n) is 4.31. The van der Waals surface area contributed by atoms with Crippen LogP contribution in [0.5, 0.6) is 5.75 Å². The smallest absolute Gasteiger partial charge is 0.260 e. The Balaban J connectivity index is 1.96. The lowest BCUT2D eigenvalue weighted by molar-refractivity contribution is 0.482. The fraction of sp³-hybridized carbons (Fsp3) is 0. The van der Waals surface area contributed by atoms with Crippen LogP contribution in [0.15, 0.2) is 71.5 Å². The van der Waals surface area contributed by atoms with Gasteiger partial charge in [0.25, 0.3) is 5.56 Å². The highest BCUT2D eigenvalue weighted by Gasteiger charge is 2.17. The van der Waals surface area contributed by atoms with Crippen molar-refractivity contribution in [2.24, 2.45) is 0 Å². The fourth-order valence-electron chi connectivity index (χ4n) is 3.01. The van der Waals surface area contributed by atoms with Gasteiger partial charge in [0.1, 0.15) is 5.75 Å². The summed E-state index contributed by atoms with van der Waals surface area (Å²) in [5, 5.41) is 12.3. The van der Waals surface area contributed by atoms with Crippen LogP contribution in [0.25, 0.3) is 33.2 Å². The first-order chi connectivity index (χ1) is 12.5. The molecule has 4 rings (SSSR count). The van der Waals surface area contributed by atoms with Gasteiger partial charge >= 0.3 is 0 Å². The summed E-state index contributed by atoms with van der Waals surface area (Å²) in [5.41, 5.74) is 2.62. The molecule has 3 aromatic carbocycles. The summed E-state index contributed by atoms with van der Waals surface area (Å²) in [6, 6.07) is 19.8. The standard InChI is InChI=1S/C21H13Cl2NO2/c22-14-8-5-12(6-9-14)13-7-10-17(23)16(11-13)19-20(25)15-3-1-2-4-18(15)24-21(19)26/h1-11H,(H2,24,25,26). The molecule has 0 atom stereocenters. The third-order valence-corrected chi connectivity index (χ3v) is 4.89. The third kappa shape index (κ3) is 2.85. The zero-order valence-electron chi connectivity index (χ0n) is 13.5. The van der Waals surface area contributed by atoms with Crippen LogP contribution in [-0.2, 0) is 0 Å². The van der Waals surface area contributed by atoms with Gasteiger partial charge in [-0.3, -0.25) is 4.79 Å². The van der Waals surface area contributed by atoms with E-state index in [9.17, 15) is 9.90 Å². The van der Waals surface area contributed by atoms with Crippen molar-refractivity contribution >= 4 is 34.1 Å². The summed E-state index contributed by atoms with van der Waals surface area (Å²) >= 11 is 12.3. The van der Waals surface area contributed by atoms with Gasteiger partial charge < -0.3 is 10.1 Å². The zero-order chi connectivity index (χ0) is 18.3. The normalized spacial score (nSPS) is 11.0. The second-order valence-corrected chi connectivity index (χ2v) is 6.77. The van der Waals surface area contributed by atoms with Crippen molar-refractivity contribution in [3.8, 4) is 28.0 Å². The number of H-pyrrole nitrogens is 1. The number of aromatic hydroxyl groups is 1. The highest BCUT2D eigenvalue weighted by Crippen LogP contribution is 2.37. The molecular formula is C21H13Cl2NO2. The van der Waals surface area contributed by atoms with Crippen LogP contribution < -0.4 is 5.56 Å². The summed E-state index contributed by atoms with van der Waals surface area (Å²) in [4.78, 5) is 15.4. The summed E-state index contributed by atoms with van der Waals surface area (Å²) in [6.45, 7) is 0. The molecule has 3 nitrogen and oxygen atoms in total. The Morgan fingerprint density at radius 3 is 2.31 bits per heavy atom. The number of hydrogen-bond acceptors (Lipinski definition) is 2. The molecule has 1 heterocycles. The summed E-state index contributed by atoms with van der Waals surface area (Å²) in [6.07, 6.45) is 0. The Hall–Kier alpha value is -2.75. The lowest BCUT2D eigenvalue weighted by Gasteiger charge is -2.11. The molecule has 0 saturated heterocycles. The zero-order valence-corrected chi connectivity index (χ0v) is 15.0. The number of fused-ring (bicyclic) bond motifs is 1. The van der Waals surface area contributed by atoms with E-state index in [0.717, 1.165) is 11.1 Å². The average Bonchev–Trinajstić information content (AvgIpc) is 2.64. The minimum absolute atomic E-state index is 0.0838. The Bertz CT molecular complexity index is 1180. The molecular weight excluding hydrogens is 369 g/mol. The van der Waals surface area contributed by atoms with E-state index < -0.39 is 5.56 Å². The first kappa shape index (κ1) is 16.7. The molecule has 0 fully saturated rings. The molecule has 0 saturated carbocycles. The Labute approximate surface area is 159 Å². The molecule has 4 aromatic rings. The second kappa shape index (κ2) is 6.52. The quantitative estimate of drug-likeness (QED) is 0.455. The van der Waals surface area contributed by atoms with E-state index in [4.69, 9.17) is 23.2 Å². The van der Waals surface area contributed by atoms with Gasteiger partial charge in [0.15, 0.2) is 0 Å². The highest BCUT2D eigenvalue weighted by atomic mass is 35.5. The minimum Gasteiger partial charge on any atom is -0.506 e. The number of aromatic amines is 1. The van der Waals surface area contributed by atoms with Crippen molar-refractivity contribution < 1.29 is 5.11 Å². The van der Waals surface area contributed by atoms with Crippen LogP contribution in [0.2, 0.25) is 10.0 Å². The maximum Gasteiger partial charge on any atom is 0.260 e. The van der Waals surface area contributed by atoms with Gasteiger partial charge in [-0.25, -0.2) is 0 Å². The number of para-hydroxylation sites is 1. The molecule has 26 heavy (non-hydrogen) atoms. The number of nitrogens with one attached hydrogen (secondary N) is 1. The Morgan fingerprint density at radius 2 is 1.54 bits per heavy atom. The van der Waals surface area contributed by atoms with E-state index in [2.05, 4.69) is 4.98 Å². The predicted octanol–water partition coefficient (Wildman–Crippen LogP) is 5.87. The number of pyridine rings is 1. The number of hydrogen-bond donors (Lipinski definition) is 2. The summed E-state index contributed by atoms with van der Waals surface area (Å²) < 4.78 is 0. The van der Waals surface area contributed by atoms with E-state index in [0.29, 0.717) is 26.5 Å². The number of aromatic nitrogens is 1. The van der Waals surface area contributed by atoms with Crippen molar-refractivity contribution in [3.63, 3.8) is 0 Å². The van der Waals surface area contributed by atoms with E-state index in [1.165, 1.54) is 0 Å². The van der Waals surface area contributed by atoms with E-state index in [-0.39, 0.29) is 11.3 Å². The highest BCUT2D eigenvalue weighted by molar-refractivity contribution is 6.33. The van der Waals surface area contributed by atoms with Gasteiger partial charge in [-0.1, -0.05) is 53.5 Å². The molecule has 2 N–H and O–H groups in total.